The van der Waals surface area contributed by atoms with E-state index in [9.17, 15) is 4.39 Å². The summed E-state index contributed by atoms with van der Waals surface area (Å²) < 4.78 is 13.3. The molecule has 2 aromatic rings. The maximum atomic E-state index is 13.3. The van der Waals surface area contributed by atoms with E-state index in [-0.39, 0.29) is 11.2 Å². The Morgan fingerprint density at radius 3 is 2.33 bits per heavy atom. The van der Waals surface area contributed by atoms with Gasteiger partial charge in [-0.15, -0.1) is 0 Å². The Kier molecular flexibility index (Phi) is 4.09. The molecule has 1 heterocycles. The maximum absolute atomic E-state index is 13.3. The zero-order valence-corrected chi connectivity index (χ0v) is 12.7. The van der Waals surface area contributed by atoms with Crippen LogP contribution in [0.3, 0.4) is 0 Å². The summed E-state index contributed by atoms with van der Waals surface area (Å²) in [6, 6.07) is 6.51. The molecule has 0 amide bonds. The number of aryl methyl sites for hydroxylation is 1. The minimum atomic E-state index is -0.233. The number of hydrazine groups is 1. The van der Waals surface area contributed by atoms with E-state index in [1.165, 1.54) is 6.07 Å². The molecule has 0 aliphatic carbocycles. The summed E-state index contributed by atoms with van der Waals surface area (Å²) in [5.74, 6) is 7.01. The van der Waals surface area contributed by atoms with Gasteiger partial charge in [-0.05, 0) is 30.7 Å². The molecule has 0 atom stereocenters. The number of nitrogens with zero attached hydrogens (tertiary/aromatic N) is 2. The quantitative estimate of drug-likeness (QED) is 0.597. The van der Waals surface area contributed by atoms with Gasteiger partial charge in [0.25, 0.3) is 0 Å². The Morgan fingerprint density at radius 1 is 1.10 bits per heavy atom. The van der Waals surface area contributed by atoms with E-state index in [4.69, 9.17) is 5.84 Å². The summed E-state index contributed by atoms with van der Waals surface area (Å²) in [7, 11) is 0. The largest absolute Gasteiger partial charge is 0.340 e. The number of nitrogen functional groups attached to an aromatic ring is 1. The van der Waals surface area contributed by atoms with Crippen molar-refractivity contribution < 1.29 is 4.39 Å². The van der Waals surface area contributed by atoms with E-state index in [0.29, 0.717) is 23.0 Å². The van der Waals surface area contributed by atoms with Crippen LogP contribution in [0.25, 0.3) is 0 Å². The highest BCUT2D eigenvalue weighted by Crippen LogP contribution is 2.24. The Balaban J connectivity index is 2.36. The number of aromatic nitrogens is 2. The maximum Gasteiger partial charge on any atom is 0.145 e. The molecule has 1 aromatic carbocycles. The second-order valence-electron chi connectivity index (χ2n) is 5.95. The molecule has 0 aliphatic heterocycles. The second-order valence-corrected chi connectivity index (χ2v) is 5.95. The summed E-state index contributed by atoms with van der Waals surface area (Å²) in [6.07, 6.45) is 0. The third-order valence-electron chi connectivity index (χ3n) is 2.98. The molecule has 0 fully saturated rings. The van der Waals surface area contributed by atoms with Crippen molar-refractivity contribution in [1.29, 1.82) is 0 Å². The van der Waals surface area contributed by atoms with Gasteiger partial charge in [-0.2, -0.15) is 0 Å². The highest BCUT2D eigenvalue weighted by molar-refractivity contribution is 5.60. The Labute approximate surface area is 123 Å². The number of hydrogen-bond donors (Lipinski definition) is 3. The normalized spacial score (nSPS) is 11.3. The van der Waals surface area contributed by atoms with Gasteiger partial charge in [-0.3, -0.25) is 0 Å². The summed E-state index contributed by atoms with van der Waals surface area (Å²) in [5.41, 5.74) is 3.66. The van der Waals surface area contributed by atoms with Gasteiger partial charge >= 0.3 is 0 Å². The second kappa shape index (κ2) is 5.65. The number of rotatable bonds is 3. The summed E-state index contributed by atoms with van der Waals surface area (Å²) in [5, 5.41) is 3.15. The van der Waals surface area contributed by atoms with Crippen molar-refractivity contribution in [2.45, 2.75) is 33.1 Å². The highest BCUT2D eigenvalue weighted by atomic mass is 19.1. The van der Waals surface area contributed by atoms with Crippen LogP contribution in [0.5, 0.6) is 0 Å². The average Bonchev–Trinajstić information content (AvgIpc) is 2.41. The Bertz CT molecular complexity index is 649. The van der Waals surface area contributed by atoms with Crippen LogP contribution < -0.4 is 16.6 Å². The number of nitrogens with two attached hydrogens (primary N) is 1. The van der Waals surface area contributed by atoms with Gasteiger partial charge in [0.05, 0.1) is 0 Å². The zero-order chi connectivity index (χ0) is 15.6. The fourth-order valence-corrected chi connectivity index (χ4v) is 1.79. The fraction of sp³-hybridized carbons (Fsp3) is 0.333. The molecule has 112 valence electrons. The molecule has 0 saturated carbocycles. The van der Waals surface area contributed by atoms with E-state index in [1.807, 2.05) is 20.8 Å². The van der Waals surface area contributed by atoms with Crippen LogP contribution in [0.2, 0.25) is 0 Å². The predicted octanol–water partition coefficient (Wildman–Crippen LogP) is 3.25. The molecular weight excluding hydrogens is 269 g/mol. The molecule has 0 spiro atoms. The van der Waals surface area contributed by atoms with Crippen molar-refractivity contribution >= 4 is 17.3 Å². The molecule has 0 bridgehead atoms. The van der Waals surface area contributed by atoms with Crippen molar-refractivity contribution in [3.63, 3.8) is 0 Å². The van der Waals surface area contributed by atoms with Gasteiger partial charge in [-0.1, -0.05) is 20.8 Å². The molecule has 1 aromatic heterocycles. The van der Waals surface area contributed by atoms with E-state index in [0.717, 1.165) is 5.69 Å². The van der Waals surface area contributed by atoms with Crippen molar-refractivity contribution in [3.8, 4) is 0 Å². The molecule has 5 nitrogen and oxygen atoms in total. The summed E-state index contributed by atoms with van der Waals surface area (Å²) >= 11 is 0. The molecule has 0 unspecified atom stereocenters. The first kappa shape index (κ1) is 15.2. The fourth-order valence-electron chi connectivity index (χ4n) is 1.79. The zero-order valence-electron chi connectivity index (χ0n) is 12.7. The Morgan fingerprint density at radius 2 is 1.76 bits per heavy atom. The first-order chi connectivity index (χ1) is 9.79. The van der Waals surface area contributed by atoms with Crippen LogP contribution in [0, 0.1) is 12.7 Å². The first-order valence-corrected chi connectivity index (χ1v) is 6.69. The molecule has 6 heteroatoms. The molecule has 21 heavy (non-hydrogen) atoms. The minimum absolute atomic E-state index is 0.206. The van der Waals surface area contributed by atoms with Crippen LogP contribution in [-0.2, 0) is 5.41 Å². The van der Waals surface area contributed by atoms with Gasteiger partial charge in [-0.25, -0.2) is 20.2 Å². The molecule has 0 aliphatic rings. The lowest BCUT2D eigenvalue weighted by Gasteiger charge is -2.19. The van der Waals surface area contributed by atoms with Gasteiger partial charge in [0.2, 0.25) is 0 Å². The summed E-state index contributed by atoms with van der Waals surface area (Å²) in [4.78, 5) is 8.84. The number of anilines is 3. The topological polar surface area (TPSA) is 75.9 Å². The molecular formula is C15H20FN5. The van der Waals surface area contributed by atoms with Crippen molar-refractivity contribution in [2.75, 3.05) is 10.7 Å². The highest BCUT2D eigenvalue weighted by Gasteiger charge is 2.19. The van der Waals surface area contributed by atoms with Crippen molar-refractivity contribution in [3.05, 3.63) is 41.5 Å². The molecule has 4 N–H and O–H groups in total. The van der Waals surface area contributed by atoms with Crippen LogP contribution in [-0.4, -0.2) is 9.97 Å². The van der Waals surface area contributed by atoms with Crippen LogP contribution >= 0.6 is 0 Å². The number of hydrogen-bond acceptors (Lipinski definition) is 5. The van der Waals surface area contributed by atoms with Gasteiger partial charge < -0.3 is 10.7 Å². The molecule has 0 radical (unpaired) electrons. The van der Waals surface area contributed by atoms with E-state index in [1.54, 1.807) is 25.1 Å². The van der Waals surface area contributed by atoms with E-state index >= 15 is 0 Å². The lowest BCUT2D eigenvalue weighted by atomic mass is 9.96. The van der Waals surface area contributed by atoms with Crippen LogP contribution in [0.4, 0.5) is 21.7 Å². The molecule has 0 saturated heterocycles. The number of benzene rings is 1. The third kappa shape index (κ3) is 3.66. The standard InChI is InChI=1S/C15H20FN5/c1-9-7-10(5-6-11(9)16)18-12-8-13(21-17)20-14(19-12)15(2,3)4/h5-8H,17H2,1-4H3,(H2,18,19,20,21). The van der Waals surface area contributed by atoms with Crippen molar-refractivity contribution in [1.82, 2.24) is 9.97 Å². The monoisotopic (exact) mass is 289 g/mol. The Hall–Kier alpha value is -2.21. The first-order valence-electron chi connectivity index (χ1n) is 6.69. The van der Waals surface area contributed by atoms with Crippen LogP contribution in [0.15, 0.2) is 24.3 Å². The SMILES string of the molecule is Cc1cc(Nc2cc(NN)nc(C(C)(C)C)n2)ccc1F. The summed E-state index contributed by atoms with van der Waals surface area (Å²) in [6.45, 7) is 7.78. The lowest BCUT2D eigenvalue weighted by molar-refractivity contribution is 0.547. The van der Waals surface area contributed by atoms with Crippen molar-refractivity contribution in [2.24, 2.45) is 5.84 Å². The van der Waals surface area contributed by atoms with Crippen LogP contribution in [0.1, 0.15) is 32.2 Å². The average molecular weight is 289 g/mol. The minimum Gasteiger partial charge on any atom is -0.340 e. The smallest absolute Gasteiger partial charge is 0.145 e. The number of halogens is 1. The van der Waals surface area contributed by atoms with Gasteiger partial charge in [0.15, 0.2) is 0 Å². The van der Waals surface area contributed by atoms with Gasteiger partial charge in [0.1, 0.15) is 23.3 Å². The van der Waals surface area contributed by atoms with E-state index < -0.39 is 0 Å². The predicted molar refractivity (Wildman–Crippen MR) is 83.0 cm³/mol. The van der Waals surface area contributed by atoms with E-state index in [2.05, 4.69) is 20.7 Å². The third-order valence-corrected chi connectivity index (χ3v) is 2.98. The molecule has 2 rings (SSSR count). The lowest BCUT2D eigenvalue weighted by Crippen LogP contribution is -2.19. The van der Waals surface area contributed by atoms with Gasteiger partial charge in [0, 0.05) is 17.2 Å². The number of nitrogens with one attached hydrogen (secondary N) is 2.